The highest BCUT2D eigenvalue weighted by Crippen LogP contribution is 2.02. The van der Waals surface area contributed by atoms with Crippen molar-refractivity contribution in [2.45, 2.75) is 13.0 Å². The Hall–Kier alpha value is -1.13. The van der Waals surface area contributed by atoms with Gasteiger partial charge in [-0.05, 0) is 38.2 Å². The molecule has 0 radical (unpaired) electrons. The zero-order valence-electron chi connectivity index (χ0n) is 9.29. The average Bonchev–Trinajstić information content (AvgIpc) is 2.26. The Bertz CT molecular complexity index is 329. The fourth-order valence-corrected chi connectivity index (χ4v) is 1.05. The van der Waals surface area contributed by atoms with Crippen molar-refractivity contribution in [3.8, 4) is 0 Å². The fourth-order valence-electron chi connectivity index (χ4n) is 1.05. The lowest BCUT2D eigenvalue weighted by Crippen LogP contribution is -2.37. The molecule has 0 aliphatic rings. The predicted molar refractivity (Wildman–Crippen MR) is 64.5 cm³/mol. The van der Waals surface area contributed by atoms with Gasteiger partial charge in [0, 0.05) is 18.2 Å². The minimum Gasteiger partial charge on any atom is -0.350 e. The maximum atomic E-state index is 12.6. The first-order valence-electron chi connectivity index (χ1n) is 4.84. The van der Waals surface area contributed by atoms with E-state index < -0.39 is 0 Å². The van der Waals surface area contributed by atoms with Crippen molar-refractivity contribution in [3.05, 3.63) is 35.6 Å². The van der Waals surface area contributed by atoms with Gasteiger partial charge >= 0.3 is 0 Å². The quantitative estimate of drug-likeness (QED) is 0.847. The number of amides is 1. The van der Waals surface area contributed by atoms with Gasteiger partial charge in [0.15, 0.2) is 0 Å². The summed E-state index contributed by atoms with van der Waals surface area (Å²) in [6.45, 7) is 2.51. The second kappa shape index (κ2) is 7.19. The highest BCUT2D eigenvalue weighted by molar-refractivity contribution is 5.94. The molecule has 0 aliphatic heterocycles. The third-order valence-electron chi connectivity index (χ3n) is 2.17. The van der Waals surface area contributed by atoms with E-state index in [1.54, 1.807) is 0 Å². The van der Waals surface area contributed by atoms with Gasteiger partial charge in [0.25, 0.3) is 5.91 Å². The van der Waals surface area contributed by atoms with Crippen LogP contribution in [0.2, 0.25) is 0 Å². The van der Waals surface area contributed by atoms with E-state index in [2.05, 4.69) is 10.6 Å². The summed E-state index contributed by atoms with van der Waals surface area (Å²) in [5, 5.41) is 5.75. The molecule has 1 aromatic carbocycles. The standard InChI is InChI=1S/C11H15FN2O.ClH/c1-8(13-2)7-14-11(15)9-3-5-10(12)6-4-9;/h3-6,8,13H,7H2,1-2H3,(H,14,15);1H. The largest absolute Gasteiger partial charge is 0.350 e. The molecular formula is C11H16ClFN2O. The summed E-state index contributed by atoms with van der Waals surface area (Å²) in [6.07, 6.45) is 0. The van der Waals surface area contributed by atoms with Crippen molar-refractivity contribution >= 4 is 18.3 Å². The zero-order valence-corrected chi connectivity index (χ0v) is 10.1. The molecule has 1 amide bonds. The topological polar surface area (TPSA) is 41.1 Å². The van der Waals surface area contributed by atoms with Crippen molar-refractivity contribution in [3.63, 3.8) is 0 Å². The summed E-state index contributed by atoms with van der Waals surface area (Å²) < 4.78 is 12.6. The molecule has 2 N–H and O–H groups in total. The Morgan fingerprint density at radius 1 is 1.38 bits per heavy atom. The van der Waals surface area contributed by atoms with Crippen LogP contribution in [0.5, 0.6) is 0 Å². The normalized spacial score (nSPS) is 11.4. The molecule has 0 spiro atoms. The van der Waals surface area contributed by atoms with Crippen molar-refractivity contribution in [1.82, 2.24) is 10.6 Å². The third-order valence-corrected chi connectivity index (χ3v) is 2.17. The number of hydrogen-bond donors (Lipinski definition) is 2. The summed E-state index contributed by atoms with van der Waals surface area (Å²) in [6, 6.07) is 5.70. The average molecular weight is 247 g/mol. The number of carbonyl (C=O) groups is 1. The van der Waals surface area contributed by atoms with Gasteiger partial charge in [-0.3, -0.25) is 4.79 Å². The first-order valence-corrected chi connectivity index (χ1v) is 4.84. The number of carbonyl (C=O) groups excluding carboxylic acids is 1. The lowest BCUT2D eigenvalue weighted by Gasteiger charge is -2.11. The zero-order chi connectivity index (χ0) is 11.3. The minimum absolute atomic E-state index is 0. The Labute approximate surface area is 101 Å². The van der Waals surface area contributed by atoms with E-state index in [0.717, 1.165) is 0 Å². The molecule has 0 saturated carbocycles. The van der Waals surface area contributed by atoms with Crippen molar-refractivity contribution in [2.75, 3.05) is 13.6 Å². The van der Waals surface area contributed by atoms with Crippen LogP contribution >= 0.6 is 12.4 Å². The van der Waals surface area contributed by atoms with Gasteiger partial charge in [-0.2, -0.15) is 0 Å². The SMILES string of the molecule is CNC(C)CNC(=O)c1ccc(F)cc1.Cl. The highest BCUT2D eigenvalue weighted by atomic mass is 35.5. The number of hydrogen-bond acceptors (Lipinski definition) is 2. The first kappa shape index (κ1) is 14.9. The van der Waals surface area contributed by atoms with Gasteiger partial charge in [0.2, 0.25) is 0 Å². The number of benzene rings is 1. The summed E-state index contributed by atoms with van der Waals surface area (Å²) in [5.74, 6) is -0.521. The molecule has 0 saturated heterocycles. The van der Waals surface area contributed by atoms with Gasteiger partial charge in [-0.15, -0.1) is 12.4 Å². The number of halogens is 2. The molecule has 1 aromatic rings. The molecule has 0 aliphatic carbocycles. The van der Waals surface area contributed by atoms with E-state index in [9.17, 15) is 9.18 Å². The van der Waals surface area contributed by atoms with Crippen LogP contribution in [0.25, 0.3) is 0 Å². The second-order valence-corrected chi connectivity index (χ2v) is 3.41. The lowest BCUT2D eigenvalue weighted by atomic mass is 10.2. The van der Waals surface area contributed by atoms with E-state index in [1.807, 2.05) is 14.0 Å². The van der Waals surface area contributed by atoms with Crippen LogP contribution < -0.4 is 10.6 Å². The van der Waals surface area contributed by atoms with Gasteiger partial charge in [-0.1, -0.05) is 0 Å². The molecule has 0 aromatic heterocycles. The summed E-state index contributed by atoms with van der Waals surface area (Å²) in [4.78, 5) is 11.5. The van der Waals surface area contributed by atoms with Crippen LogP contribution in [0.1, 0.15) is 17.3 Å². The van der Waals surface area contributed by atoms with E-state index in [4.69, 9.17) is 0 Å². The molecule has 90 valence electrons. The summed E-state index contributed by atoms with van der Waals surface area (Å²) in [7, 11) is 1.83. The Balaban J connectivity index is 0.00000225. The molecule has 5 heteroatoms. The van der Waals surface area contributed by atoms with Gasteiger partial charge < -0.3 is 10.6 Å². The van der Waals surface area contributed by atoms with Gasteiger partial charge in [0.1, 0.15) is 5.82 Å². The molecule has 0 bridgehead atoms. The number of rotatable bonds is 4. The molecule has 1 unspecified atom stereocenters. The van der Waals surface area contributed by atoms with Gasteiger partial charge in [0.05, 0.1) is 0 Å². The Kier molecular flexibility index (Phi) is 6.69. The van der Waals surface area contributed by atoms with E-state index >= 15 is 0 Å². The highest BCUT2D eigenvalue weighted by Gasteiger charge is 2.06. The minimum atomic E-state index is -0.338. The van der Waals surface area contributed by atoms with Crippen LogP contribution in [0, 0.1) is 5.82 Å². The molecule has 0 heterocycles. The summed E-state index contributed by atoms with van der Waals surface area (Å²) in [5.41, 5.74) is 0.472. The monoisotopic (exact) mass is 246 g/mol. The number of likely N-dealkylation sites (N-methyl/N-ethyl adjacent to an activating group) is 1. The van der Waals surface area contributed by atoms with Crippen molar-refractivity contribution in [1.29, 1.82) is 0 Å². The Morgan fingerprint density at radius 2 is 1.94 bits per heavy atom. The fraction of sp³-hybridized carbons (Fsp3) is 0.364. The Morgan fingerprint density at radius 3 is 2.44 bits per heavy atom. The van der Waals surface area contributed by atoms with Crippen LogP contribution in [0.4, 0.5) is 4.39 Å². The number of nitrogens with one attached hydrogen (secondary N) is 2. The lowest BCUT2D eigenvalue weighted by molar-refractivity contribution is 0.0950. The molecule has 1 rings (SSSR count). The molecular weight excluding hydrogens is 231 g/mol. The molecule has 3 nitrogen and oxygen atoms in total. The van der Waals surface area contributed by atoms with Crippen LogP contribution in [0.15, 0.2) is 24.3 Å². The molecule has 1 atom stereocenters. The van der Waals surface area contributed by atoms with Crippen LogP contribution in [0.3, 0.4) is 0 Å². The van der Waals surface area contributed by atoms with E-state index in [-0.39, 0.29) is 30.2 Å². The maximum Gasteiger partial charge on any atom is 0.251 e. The van der Waals surface area contributed by atoms with Crippen LogP contribution in [-0.4, -0.2) is 25.5 Å². The van der Waals surface area contributed by atoms with Gasteiger partial charge in [-0.25, -0.2) is 4.39 Å². The summed E-state index contributed by atoms with van der Waals surface area (Å²) >= 11 is 0. The smallest absolute Gasteiger partial charge is 0.251 e. The molecule has 0 fully saturated rings. The molecule has 16 heavy (non-hydrogen) atoms. The third kappa shape index (κ3) is 4.59. The van der Waals surface area contributed by atoms with E-state index in [0.29, 0.717) is 12.1 Å². The van der Waals surface area contributed by atoms with Crippen molar-refractivity contribution < 1.29 is 9.18 Å². The first-order chi connectivity index (χ1) is 7.13. The van der Waals surface area contributed by atoms with Crippen LogP contribution in [-0.2, 0) is 0 Å². The predicted octanol–water partition coefficient (Wildman–Crippen LogP) is 1.59. The maximum absolute atomic E-state index is 12.6. The van der Waals surface area contributed by atoms with Crippen molar-refractivity contribution in [2.24, 2.45) is 0 Å². The van der Waals surface area contributed by atoms with E-state index in [1.165, 1.54) is 24.3 Å². The second-order valence-electron chi connectivity index (χ2n) is 3.41.